The number of nitrogens with two attached hydrogens (primary N) is 1. The molecule has 9 heteroatoms. The average molecular weight is 425 g/mol. The Kier molecular flexibility index (Phi) is 4.84. The molecule has 0 spiro atoms. The number of sulfonamides is 1. The number of hydrogen-bond acceptors (Lipinski definition) is 4. The Labute approximate surface area is 172 Å². The van der Waals surface area contributed by atoms with Crippen LogP contribution < -0.4 is 15.4 Å². The Morgan fingerprint density at radius 2 is 1.67 bits per heavy atom. The largest absolute Gasteiger partial charge is 0.322 e. The van der Waals surface area contributed by atoms with Crippen LogP contribution >= 0.6 is 0 Å². The number of nitrogens with zero attached hydrogens (tertiary/aromatic N) is 1. The smallest absolute Gasteiger partial charge is 0.259 e. The van der Waals surface area contributed by atoms with E-state index in [1.54, 1.807) is 30.3 Å². The van der Waals surface area contributed by atoms with Crippen LogP contribution in [0, 0.1) is 5.82 Å². The van der Waals surface area contributed by atoms with Crippen molar-refractivity contribution in [1.29, 1.82) is 0 Å². The third-order valence-corrected chi connectivity index (χ3v) is 5.66. The van der Waals surface area contributed by atoms with E-state index in [2.05, 4.69) is 5.32 Å². The first-order valence-corrected chi connectivity index (χ1v) is 10.4. The third kappa shape index (κ3) is 3.56. The van der Waals surface area contributed by atoms with Crippen LogP contribution in [0.5, 0.6) is 0 Å². The fourth-order valence-electron chi connectivity index (χ4n) is 3.35. The predicted octanol–water partition coefficient (Wildman–Crippen LogP) is 2.81. The van der Waals surface area contributed by atoms with E-state index < -0.39 is 33.7 Å². The summed E-state index contributed by atoms with van der Waals surface area (Å²) in [5, 5.41) is 7.84. The second-order valence-corrected chi connectivity index (χ2v) is 8.27. The molecule has 1 heterocycles. The number of anilines is 2. The Bertz CT molecular complexity index is 1250. The fourth-order valence-corrected chi connectivity index (χ4v) is 3.89. The maximum absolute atomic E-state index is 13.4. The van der Waals surface area contributed by atoms with Gasteiger partial charge >= 0.3 is 0 Å². The number of amides is 2. The molecular weight excluding hydrogens is 409 g/mol. The van der Waals surface area contributed by atoms with Crippen LogP contribution in [0.4, 0.5) is 15.8 Å². The highest BCUT2D eigenvalue weighted by molar-refractivity contribution is 7.89. The standard InChI is InChI=1S/C21H16FN3O4S/c22-15-8-6-14(7-9-15)21(27)25-18-11-10-16(30(23,28)29)12-17(18)24-20(26)19(25)13-4-2-1-3-5-13/h1-12,19H,(H,24,26)(H2,23,28,29). The van der Waals surface area contributed by atoms with Crippen molar-refractivity contribution in [1.82, 2.24) is 0 Å². The molecule has 1 unspecified atom stereocenters. The van der Waals surface area contributed by atoms with Crippen LogP contribution in [0.3, 0.4) is 0 Å². The fraction of sp³-hybridized carbons (Fsp3) is 0.0476. The average Bonchev–Trinajstić information content (AvgIpc) is 2.72. The minimum absolute atomic E-state index is 0.133. The topological polar surface area (TPSA) is 110 Å². The molecule has 1 atom stereocenters. The van der Waals surface area contributed by atoms with Gasteiger partial charge in [0.15, 0.2) is 0 Å². The molecule has 0 saturated carbocycles. The van der Waals surface area contributed by atoms with Crippen molar-refractivity contribution in [3.05, 3.63) is 89.7 Å². The molecule has 1 aliphatic heterocycles. The molecule has 0 saturated heterocycles. The second kappa shape index (κ2) is 7.36. The second-order valence-electron chi connectivity index (χ2n) is 6.71. The van der Waals surface area contributed by atoms with Gasteiger partial charge in [0, 0.05) is 5.56 Å². The van der Waals surface area contributed by atoms with Crippen molar-refractivity contribution in [3.63, 3.8) is 0 Å². The lowest BCUT2D eigenvalue weighted by atomic mass is 9.99. The van der Waals surface area contributed by atoms with E-state index >= 15 is 0 Å². The van der Waals surface area contributed by atoms with E-state index in [4.69, 9.17) is 5.14 Å². The maximum Gasteiger partial charge on any atom is 0.259 e. The number of nitrogens with one attached hydrogen (secondary N) is 1. The molecule has 3 aromatic rings. The van der Waals surface area contributed by atoms with E-state index in [1.165, 1.54) is 35.2 Å². The van der Waals surface area contributed by atoms with Crippen molar-refractivity contribution in [2.75, 3.05) is 10.2 Å². The monoisotopic (exact) mass is 425 g/mol. The van der Waals surface area contributed by atoms with Crippen molar-refractivity contribution >= 4 is 33.2 Å². The van der Waals surface area contributed by atoms with Crippen LogP contribution in [-0.4, -0.2) is 20.2 Å². The molecule has 0 aliphatic carbocycles. The van der Waals surface area contributed by atoms with Crippen molar-refractivity contribution < 1.29 is 22.4 Å². The summed E-state index contributed by atoms with van der Waals surface area (Å²) in [7, 11) is -4.01. The zero-order valence-corrected chi connectivity index (χ0v) is 16.3. The van der Waals surface area contributed by atoms with E-state index in [0.717, 1.165) is 12.1 Å². The maximum atomic E-state index is 13.4. The zero-order chi connectivity index (χ0) is 21.5. The van der Waals surface area contributed by atoms with E-state index in [-0.39, 0.29) is 16.1 Å². The van der Waals surface area contributed by atoms with Gasteiger partial charge in [-0.15, -0.1) is 0 Å². The normalized spacial score (nSPS) is 16.0. The molecule has 4 rings (SSSR count). The molecule has 0 aromatic heterocycles. The minimum Gasteiger partial charge on any atom is -0.322 e. The lowest BCUT2D eigenvalue weighted by Crippen LogP contribution is -2.45. The quantitative estimate of drug-likeness (QED) is 0.672. The number of carbonyl (C=O) groups is 2. The Morgan fingerprint density at radius 1 is 1.00 bits per heavy atom. The first-order chi connectivity index (χ1) is 14.3. The number of benzene rings is 3. The highest BCUT2D eigenvalue weighted by atomic mass is 32.2. The van der Waals surface area contributed by atoms with Gasteiger partial charge in [-0.3, -0.25) is 14.5 Å². The lowest BCUT2D eigenvalue weighted by Gasteiger charge is -2.37. The van der Waals surface area contributed by atoms with E-state index in [1.807, 2.05) is 0 Å². The summed E-state index contributed by atoms with van der Waals surface area (Å²) < 4.78 is 36.7. The summed E-state index contributed by atoms with van der Waals surface area (Å²) >= 11 is 0. The molecular formula is C21H16FN3O4S. The Hall–Kier alpha value is -3.56. The van der Waals surface area contributed by atoms with E-state index in [9.17, 15) is 22.4 Å². The molecule has 30 heavy (non-hydrogen) atoms. The molecule has 0 bridgehead atoms. The first-order valence-electron chi connectivity index (χ1n) is 8.87. The van der Waals surface area contributed by atoms with E-state index in [0.29, 0.717) is 11.3 Å². The van der Waals surface area contributed by atoms with Gasteiger partial charge in [-0.2, -0.15) is 0 Å². The number of carbonyl (C=O) groups excluding carboxylic acids is 2. The number of halogens is 1. The molecule has 1 aliphatic rings. The van der Waals surface area contributed by atoms with Gasteiger partial charge in [0.2, 0.25) is 10.0 Å². The highest BCUT2D eigenvalue weighted by Gasteiger charge is 2.38. The molecule has 3 N–H and O–H groups in total. The van der Waals surface area contributed by atoms with Crippen molar-refractivity contribution in [3.8, 4) is 0 Å². The summed E-state index contributed by atoms with van der Waals surface area (Å²) in [5.74, 6) is -1.56. The van der Waals surface area contributed by atoms with Crippen LogP contribution in [0.2, 0.25) is 0 Å². The van der Waals surface area contributed by atoms with Gasteiger partial charge in [-0.05, 0) is 48.0 Å². The SMILES string of the molecule is NS(=O)(=O)c1ccc2c(c1)NC(=O)C(c1ccccc1)N2C(=O)c1ccc(F)cc1. The Morgan fingerprint density at radius 3 is 2.30 bits per heavy atom. The molecule has 7 nitrogen and oxygen atoms in total. The van der Waals surface area contributed by atoms with Gasteiger partial charge < -0.3 is 5.32 Å². The van der Waals surface area contributed by atoms with Crippen molar-refractivity contribution in [2.24, 2.45) is 5.14 Å². The van der Waals surface area contributed by atoms with Crippen LogP contribution in [0.25, 0.3) is 0 Å². The number of hydrogen-bond donors (Lipinski definition) is 2. The van der Waals surface area contributed by atoms with Crippen LogP contribution in [0.1, 0.15) is 22.0 Å². The zero-order valence-electron chi connectivity index (χ0n) is 15.4. The van der Waals surface area contributed by atoms with Crippen molar-refractivity contribution in [2.45, 2.75) is 10.9 Å². The third-order valence-electron chi connectivity index (χ3n) is 4.75. The molecule has 3 aromatic carbocycles. The highest BCUT2D eigenvalue weighted by Crippen LogP contribution is 2.40. The van der Waals surface area contributed by atoms with Gasteiger partial charge in [0.05, 0.1) is 16.3 Å². The summed E-state index contributed by atoms with van der Waals surface area (Å²) in [5.41, 5.74) is 1.17. The first kappa shape index (κ1) is 19.7. The van der Waals surface area contributed by atoms with Gasteiger partial charge in [0.1, 0.15) is 11.9 Å². The molecule has 0 radical (unpaired) electrons. The Balaban J connectivity index is 1.90. The summed E-state index contributed by atoms with van der Waals surface area (Å²) in [6.45, 7) is 0. The molecule has 152 valence electrons. The molecule has 0 fully saturated rings. The van der Waals surface area contributed by atoms with Gasteiger partial charge in [-0.25, -0.2) is 17.9 Å². The minimum atomic E-state index is -4.01. The predicted molar refractivity (Wildman–Crippen MR) is 109 cm³/mol. The number of primary sulfonamides is 1. The van der Waals surface area contributed by atoms with Crippen LogP contribution in [-0.2, 0) is 14.8 Å². The summed E-state index contributed by atoms with van der Waals surface area (Å²) in [6.07, 6.45) is 0. The molecule has 2 amide bonds. The van der Waals surface area contributed by atoms with Gasteiger partial charge in [0.25, 0.3) is 11.8 Å². The van der Waals surface area contributed by atoms with Gasteiger partial charge in [-0.1, -0.05) is 30.3 Å². The summed E-state index contributed by atoms with van der Waals surface area (Å²) in [4.78, 5) is 27.4. The number of fused-ring (bicyclic) bond motifs is 1. The number of rotatable bonds is 3. The lowest BCUT2D eigenvalue weighted by molar-refractivity contribution is -0.117. The van der Waals surface area contributed by atoms with Crippen LogP contribution in [0.15, 0.2) is 77.7 Å². The summed E-state index contributed by atoms with van der Waals surface area (Å²) in [6, 6.07) is 16.5.